The Morgan fingerprint density at radius 1 is 1.42 bits per heavy atom. The second-order valence-electron chi connectivity index (χ2n) is 3.16. The van der Waals surface area contributed by atoms with Gasteiger partial charge in [0.05, 0.1) is 12.1 Å². The number of carbonyl (C=O) groups excluding carboxylic acids is 1. The number of carbonyl (C=O) groups is 2. The van der Waals surface area contributed by atoms with E-state index >= 15 is 0 Å². The summed E-state index contributed by atoms with van der Waals surface area (Å²) in [6.07, 6.45) is 3.38. The van der Waals surface area contributed by atoms with Crippen LogP contribution in [0, 0.1) is 0 Å². The van der Waals surface area contributed by atoms with E-state index < -0.39 is 6.09 Å². The maximum absolute atomic E-state index is 11.0. The van der Waals surface area contributed by atoms with Gasteiger partial charge < -0.3 is 5.11 Å². The van der Waals surface area contributed by atoms with E-state index in [-0.39, 0.29) is 17.9 Å². The first-order valence-corrected chi connectivity index (χ1v) is 3.90. The Bertz CT molecular complexity index is 253. The van der Waals surface area contributed by atoms with E-state index in [0.717, 1.165) is 0 Å². The Labute approximate surface area is 69.5 Å². The maximum atomic E-state index is 11.0. The molecule has 2 heterocycles. The third kappa shape index (κ3) is 0.913. The first-order chi connectivity index (χ1) is 5.68. The second kappa shape index (κ2) is 2.33. The molecule has 0 saturated carbocycles. The predicted molar refractivity (Wildman–Crippen MR) is 40.8 cm³/mol. The summed E-state index contributed by atoms with van der Waals surface area (Å²) < 4.78 is 0. The molecule has 0 aromatic heterocycles. The smallest absolute Gasteiger partial charge is 0.408 e. The number of ketones is 1. The van der Waals surface area contributed by atoms with E-state index in [1.54, 1.807) is 0 Å². The highest BCUT2D eigenvalue weighted by Gasteiger charge is 2.39. The van der Waals surface area contributed by atoms with Gasteiger partial charge in [0.2, 0.25) is 0 Å². The second-order valence-corrected chi connectivity index (χ2v) is 3.16. The summed E-state index contributed by atoms with van der Waals surface area (Å²) in [5.74, 6) is 0.160. The molecular weight excluding hydrogens is 158 g/mol. The first kappa shape index (κ1) is 7.34. The highest BCUT2D eigenvalue weighted by atomic mass is 16.4. The van der Waals surface area contributed by atoms with Crippen LogP contribution in [-0.4, -0.2) is 34.0 Å². The van der Waals surface area contributed by atoms with Crippen molar-refractivity contribution in [2.75, 3.05) is 0 Å². The first-order valence-electron chi connectivity index (χ1n) is 3.90. The minimum atomic E-state index is -0.928. The molecule has 0 aromatic rings. The van der Waals surface area contributed by atoms with Gasteiger partial charge in [-0.1, -0.05) is 12.2 Å². The standard InChI is InChI=1S/C8H9NO3/c10-7-3-5-1-2-6(4-7)9(5)8(11)12/h1-2,5-6H,3-4H2,(H,11,12)/t5-,6+. The average molecular weight is 167 g/mol. The molecule has 0 unspecified atom stereocenters. The van der Waals surface area contributed by atoms with E-state index in [1.165, 1.54) is 4.90 Å². The molecule has 1 fully saturated rings. The van der Waals surface area contributed by atoms with E-state index in [9.17, 15) is 9.59 Å². The largest absolute Gasteiger partial charge is 0.465 e. The Balaban J connectivity index is 2.23. The van der Waals surface area contributed by atoms with Crippen molar-refractivity contribution in [2.45, 2.75) is 24.9 Å². The number of hydrogen-bond acceptors (Lipinski definition) is 2. The van der Waals surface area contributed by atoms with Gasteiger partial charge in [0.15, 0.2) is 0 Å². The molecule has 0 radical (unpaired) electrons. The molecule has 1 saturated heterocycles. The molecule has 4 heteroatoms. The fraction of sp³-hybridized carbons (Fsp3) is 0.500. The normalized spacial score (nSPS) is 32.7. The zero-order chi connectivity index (χ0) is 8.72. The molecule has 2 bridgehead atoms. The van der Waals surface area contributed by atoms with Gasteiger partial charge in [0.25, 0.3) is 0 Å². The molecule has 4 nitrogen and oxygen atoms in total. The fourth-order valence-electron chi connectivity index (χ4n) is 1.85. The van der Waals surface area contributed by atoms with E-state index in [0.29, 0.717) is 12.8 Å². The lowest BCUT2D eigenvalue weighted by Gasteiger charge is -2.31. The predicted octanol–water partition coefficient (Wildman–Crippen LogP) is 0.636. The van der Waals surface area contributed by atoms with Crippen molar-refractivity contribution in [3.8, 4) is 0 Å². The van der Waals surface area contributed by atoms with Crippen LogP contribution in [0.2, 0.25) is 0 Å². The van der Waals surface area contributed by atoms with E-state index in [2.05, 4.69) is 0 Å². The molecule has 2 rings (SSSR count). The molecule has 64 valence electrons. The van der Waals surface area contributed by atoms with Crippen molar-refractivity contribution < 1.29 is 14.7 Å². The van der Waals surface area contributed by atoms with Gasteiger partial charge in [-0.05, 0) is 0 Å². The van der Waals surface area contributed by atoms with Gasteiger partial charge in [-0.25, -0.2) is 4.79 Å². The molecule has 2 atom stereocenters. The van der Waals surface area contributed by atoms with Crippen molar-refractivity contribution in [1.82, 2.24) is 4.90 Å². The molecule has 2 aliphatic rings. The van der Waals surface area contributed by atoms with Crippen LogP contribution in [0.4, 0.5) is 4.79 Å². The van der Waals surface area contributed by atoms with Crippen molar-refractivity contribution >= 4 is 11.9 Å². The van der Waals surface area contributed by atoms with Gasteiger partial charge in [-0.3, -0.25) is 9.69 Å². The minimum Gasteiger partial charge on any atom is -0.465 e. The zero-order valence-corrected chi connectivity index (χ0v) is 6.43. The monoisotopic (exact) mass is 167 g/mol. The number of nitrogens with zero attached hydrogens (tertiary/aromatic N) is 1. The summed E-state index contributed by atoms with van der Waals surface area (Å²) in [6, 6.07) is -0.400. The maximum Gasteiger partial charge on any atom is 0.408 e. The van der Waals surface area contributed by atoms with Crippen LogP contribution in [-0.2, 0) is 4.79 Å². The number of amides is 1. The van der Waals surface area contributed by atoms with Gasteiger partial charge in [0.1, 0.15) is 5.78 Å². The highest BCUT2D eigenvalue weighted by Crippen LogP contribution is 2.27. The number of Topliss-reactive ketones (excluding diaryl/α,β-unsaturated/α-hetero) is 1. The van der Waals surface area contributed by atoms with Gasteiger partial charge >= 0.3 is 6.09 Å². The summed E-state index contributed by atoms with van der Waals surface area (Å²) in [5.41, 5.74) is 0. The van der Waals surface area contributed by atoms with Crippen LogP contribution in [0.1, 0.15) is 12.8 Å². The van der Waals surface area contributed by atoms with Crippen LogP contribution in [0.25, 0.3) is 0 Å². The lowest BCUT2D eigenvalue weighted by Crippen LogP contribution is -2.46. The molecule has 2 aliphatic heterocycles. The Kier molecular flexibility index (Phi) is 1.43. The van der Waals surface area contributed by atoms with Gasteiger partial charge in [0, 0.05) is 12.8 Å². The summed E-state index contributed by atoms with van der Waals surface area (Å²) in [4.78, 5) is 23.1. The summed E-state index contributed by atoms with van der Waals surface area (Å²) in [7, 11) is 0. The summed E-state index contributed by atoms with van der Waals surface area (Å²) >= 11 is 0. The number of fused-ring (bicyclic) bond motifs is 2. The van der Waals surface area contributed by atoms with E-state index in [4.69, 9.17) is 5.11 Å². The Morgan fingerprint density at radius 3 is 2.33 bits per heavy atom. The van der Waals surface area contributed by atoms with Crippen LogP contribution < -0.4 is 0 Å². The number of hydrogen-bond donors (Lipinski definition) is 1. The molecule has 12 heavy (non-hydrogen) atoms. The molecule has 0 spiro atoms. The SMILES string of the molecule is O=C1C[C@H]2C=C[C@@H](C1)N2C(=O)O. The highest BCUT2D eigenvalue weighted by molar-refractivity contribution is 5.84. The van der Waals surface area contributed by atoms with Crippen molar-refractivity contribution in [3.63, 3.8) is 0 Å². The molecule has 0 aliphatic carbocycles. The van der Waals surface area contributed by atoms with E-state index in [1.807, 2.05) is 12.2 Å². The third-order valence-electron chi connectivity index (χ3n) is 2.36. The Hall–Kier alpha value is -1.32. The number of rotatable bonds is 0. The van der Waals surface area contributed by atoms with Crippen LogP contribution in [0.5, 0.6) is 0 Å². The zero-order valence-electron chi connectivity index (χ0n) is 6.43. The lowest BCUT2D eigenvalue weighted by molar-refractivity contribution is -0.122. The average Bonchev–Trinajstić information content (AvgIpc) is 2.24. The molecule has 1 N–H and O–H groups in total. The fourth-order valence-corrected chi connectivity index (χ4v) is 1.85. The van der Waals surface area contributed by atoms with Gasteiger partial charge in [-0.2, -0.15) is 0 Å². The summed E-state index contributed by atoms with van der Waals surface area (Å²) in [5, 5.41) is 8.78. The Morgan fingerprint density at radius 2 is 1.92 bits per heavy atom. The number of carboxylic acid groups (broad SMARTS) is 1. The lowest BCUT2D eigenvalue weighted by atomic mass is 10.0. The summed E-state index contributed by atoms with van der Waals surface area (Å²) in [6.45, 7) is 0. The van der Waals surface area contributed by atoms with Crippen LogP contribution >= 0.6 is 0 Å². The van der Waals surface area contributed by atoms with Crippen molar-refractivity contribution in [1.29, 1.82) is 0 Å². The van der Waals surface area contributed by atoms with Gasteiger partial charge in [-0.15, -0.1) is 0 Å². The molecular formula is C8H9NO3. The third-order valence-corrected chi connectivity index (χ3v) is 2.36. The molecule has 0 aromatic carbocycles. The quantitative estimate of drug-likeness (QED) is 0.538. The number of piperidine rings is 1. The van der Waals surface area contributed by atoms with Crippen LogP contribution in [0.15, 0.2) is 12.2 Å². The molecule has 1 amide bonds. The minimum absolute atomic E-state index is 0.160. The van der Waals surface area contributed by atoms with Crippen LogP contribution in [0.3, 0.4) is 0 Å². The van der Waals surface area contributed by atoms with Crippen molar-refractivity contribution in [3.05, 3.63) is 12.2 Å². The van der Waals surface area contributed by atoms with Crippen molar-refractivity contribution in [2.24, 2.45) is 0 Å². The topological polar surface area (TPSA) is 57.6 Å².